The minimum absolute atomic E-state index is 0.501. The second-order valence-corrected chi connectivity index (χ2v) is 5.35. The first kappa shape index (κ1) is 12.9. The lowest BCUT2D eigenvalue weighted by Gasteiger charge is -2.00. The molecule has 0 aromatic carbocycles. The highest BCUT2D eigenvalue weighted by molar-refractivity contribution is 7.98. The van der Waals surface area contributed by atoms with Crippen LogP contribution < -0.4 is 4.73 Å². The van der Waals surface area contributed by atoms with Crippen LogP contribution in [0.3, 0.4) is 0 Å². The van der Waals surface area contributed by atoms with Crippen molar-refractivity contribution in [2.24, 2.45) is 5.92 Å². The summed E-state index contributed by atoms with van der Waals surface area (Å²) < 4.78 is 5.96. The molecule has 0 saturated heterocycles. The van der Waals surface area contributed by atoms with Crippen LogP contribution in [0.2, 0.25) is 0 Å². The number of pyridine rings is 1. The fraction of sp³-hybridized carbons (Fsp3) is 0.417. The SMILES string of the molecule is CC(C)Cc1noc(CSc2cccc[n+]2[O-])n1. The minimum Gasteiger partial charge on any atom is -0.618 e. The molecule has 0 fully saturated rings. The van der Waals surface area contributed by atoms with Gasteiger partial charge in [-0.05, 0) is 23.7 Å². The van der Waals surface area contributed by atoms with Crippen molar-refractivity contribution in [3.63, 3.8) is 0 Å². The quantitative estimate of drug-likeness (QED) is 0.471. The molecular weight excluding hydrogens is 250 g/mol. The van der Waals surface area contributed by atoms with Crippen molar-refractivity contribution in [1.29, 1.82) is 0 Å². The van der Waals surface area contributed by atoms with Gasteiger partial charge in [-0.3, -0.25) is 0 Å². The molecule has 5 nitrogen and oxygen atoms in total. The first-order valence-electron chi connectivity index (χ1n) is 5.77. The van der Waals surface area contributed by atoms with E-state index in [0.717, 1.165) is 17.0 Å². The summed E-state index contributed by atoms with van der Waals surface area (Å²) in [6, 6.07) is 5.29. The highest BCUT2D eigenvalue weighted by Crippen LogP contribution is 2.18. The van der Waals surface area contributed by atoms with E-state index >= 15 is 0 Å². The Morgan fingerprint density at radius 1 is 1.44 bits per heavy atom. The predicted molar refractivity (Wildman–Crippen MR) is 67.8 cm³/mol. The van der Waals surface area contributed by atoms with Gasteiger partial charge in [-0.15, -0.1) is 0 Å². The normalized spacial score (nSPS) is 11.1. The van der Waals surface area contributed by atoms with Gasteiger partial charge in [0.15, 0.2) is 12.0 Å². The molecule has 96 valence electrons. The third-order valence-corrected chi connectivity index (χ3v) is 3.24. The third-order valence-electron chi connectivity index (χ3n) is 2.23. The van der Waals surface area contributed by atoms with Crippen molar-refractivity contribution in [2.75, 3.05) is 0 Å². The van der Waals surface area contributed by atoms with Gasteiger partial charge < -0.3 is 9.73 Å². The smallest absolute Gasteiger partial charge is 0.251 e. The molecule has 0 N–H and O–H groups in total. The average Bonchev–Trinajstić information content (AvgIpc) is 2.75. The Bertz CT molecular complexity index is 514. The van der Waals surface area contributed by atoms with Gasteiger partial charge in [0.05, 0.1) is 5.75 Å². The molecule has 2 aromatic rings. The van der Waals surface area contributed by atoms with E-state index in [2.05, 4.69) is 24.0 Å². The van der Waals surface area contributed by atoms with Crippen LogP contribution in [-0.4, -0.2) is 10.1 Å². The molecule has 2 heterocycles. The van der Waals surface area contributed by atoms with Crippen LogP contribution in [0, 0.1) is 11.1 Å². The Morgan fingerprint density at radius 3 is 3.00 bits per heavy atom. The second-order valence-electron chi connectivity index (χ2n) is 4.36. The van der Waals surface area contributed by atoms with E-state index in [-0.39, 0.29) is 0 Å². The van der Waals surface area contributed by atoms with Crippen LogP contribution >= 0.6 is 11.8 Å². The maximum Gasteiger partial charge on any atom is 0.251 e. The van der Waals surface area contributed by atoms with Gasteiger partial charge >= 0.3 is 0 Å². The largest absolute Gasteiger partial charge is 0.618 e. The van der Waals surface area contributed by atoms with E-state index in [0.29, 0.717) is 22.6 Å². The number of hydrogen-bond acceptors (Lipinski definition) is 5. The molecule has 2 aromatic heterocycles. The topological polar surface area (TPSA) is 65.9 Å². The summed E-state index contributed by atoms with van der Waals surface area (Å²) in [4.78, 5) is 4.29. The number of aromatic nitrogens is 3. The molecule has 0 spiro atoms. The summed E-state index contributed by atoms with van der Waals surface area (Å²) in [5.41, 5.74) is 0. The molecule has 0 aliphatic rings. The number of nitrogens with zero attached hydrogens (tertiary/aromatic N) is 3. The van der Waals surface area contributed by atoms with E-state index in [9.17, 15) is 5.21 Å². The minimum atomic E-state index is 0.501. The lowest BCUT2D eigenvalue weighted by Crippen LogP contribution is -2.27. The monoisotopic (exact) mass is 265 g/mol. The maximum atomic E-state index is 11.4. The standard InChI is InChI=1S/C12H15N3O2S/c1-9(2)7-10-13-11(17-14-10)8-18-12-5-3-4-6-15(12)16/h3-6,9H,7-8H2,1-2H3. The molecule has 0 amide bonds. The van der Waals surface area contributed by atoms with Crippen molar-refractivity contribution in [3.8, 4) is 0 Å². The lowest BCUT2D eigenvalue weighted by atomic mass is 10.1. The number of rotatable bonds is 5. The van der Waals surface area contributed by atoms with Crippen LogP contribution in [0.4, 0.5) is 0 Å². The maximum absolute atomic E-state index is 11.4. The van der Waals surface area contributed by atoms with E-state index in [1.54, 1.807) is 12.1 Å². The van der Waals surface area contributed by atoms with Gasteiger partial charge in [-0.2, -0.15) is 9.71 Å². The summed E-state index contributed by atoms with van der Waals surface area (Å²) >= 11 is 1.39. The van der Waals surface area contributed by atoms with Crippen LogP contribution in [0.15, 0.2) is 33.9 Å². The van der Waals surface area contributed by atoms with Crippen LogP contribution in [0.25, 0.3) is 0 Å². The second kappa shape index (κ2) is 5.86. The molecule has 18 heavy (non-hydrogen) atoms. The first-order chi connectivity index (χ1) is 8.65. The Hall–Kier alpha value is -1.56. The van der Waals surface area contributed by atoms with Crippen molar-refractivity contribution in [2.45, 2.75) is 31.0 Å². The molecule has 0 saturated carbocycles. The zero-order valence-corrected chi connectivity index (χ0v) is 11.2. The molecule has 0 atom stereocenters. The molecule has 6 heteroatoms. The fourth-order valence-corrected chi connectivity index (χ4v) is 2.21. The molecular formula is C12H15N3O2S. The molecule has 0 bridgehead atoms. The molecule has 0 aliphatic carbocycles. The van der Waals surface area contributed by atoms with E-state index < -0.39 is 0 Å². The van der Waals surface area contributed by atoms with Crippen molar-refractivity contribution >= 4 is 11.8 Å². The summed E-state index contributed by atoms with van der Waals surface area (Å²) in [5, 5.41) is 16.0. The number of thioether (sulfide) groups is 1. The molecule has 2 rings (SSSR count). The summed E-state index contributed by atoms with van der Waals surface area (Å²) in [6.45, 7) is 4.21. The van der Waals surface area contributed by atoms with Crippen molar-refractivity contribution in [3.05, 3.63) is 41.3 Å². The highest BCUT2D eigenvalue weighted by atomic mass is 32.2. The molecule has 0 radical (unpaired) electrons. The van der Waals surface area contributed by atoms with Gasteiger partial charge in [0.1, 0.15) is 0 Å². The van der Waals surface area contributed by atoms with Gasteiger partial charge in [-0.1, -0.05) is 19.0 Å². The Labute approximate surface area is 110 Å². The van der Waals surface area contributed by atoms with Crippen LogP contribution in [-0.2, 0) is 12.2 Å². The Kier molecular flexibility index (Phi) is 4.19. The van der Waals surface area contributed by atoms with E-state index in [1.807, 2.05) is 6.07 Å². The van der Waals surface area contributed by atoms with Crippen LogP contribution in [0.1, 0.15) is 25.6 Å². The number of hydrogen-bond donors (Lipinski definition) is 0. The van der Waals surface area contributed by atoms with Gasteiger partial charge in [0.2, 0.25) is 5.89 Å². The summed E-state index contributed by atoms with van der Waals surface area (Å²) in [5.74, 6) is 2.29. The lowest BCUT2D eigenvalue weighted by molar-refractivity contribution is -0.645. The van der Waals surface area contributed by atoms with Gasteiger partial charge in [-0.25, -0.2) is 0 Å². The average molecular weight is 265 g/mol. The molecule has 0 unspecified atom stereocenters. The first-order valence-corrected chi connectivity index (χ1v) is 6.76. The Morgan fingerprint density at radius 2 is 2.28 bits per heavy atom. The van der Waals surface area contributed by atoms with Gasteiger partial charge in [0.25, 0.3) is 5.03 Å². The zero-order chi connectivity index (χ0) is 13.0. The molecule has 0 aliphatic heterocycles. The Balaban J connectivity index is 1.94. The third kappa shape index (κ3) is 3.46. The van der Waals surface area contributed by atoms with E-state index in [4.69, 9.17) is 4.52 Å². The van der Waals surface area contributed by atoms with Crippen molar-refractivity contribution in [1.82, 2.24) is 10.1 Å². The zero-order valence-electron chi connectivity index (χ0n) is 10.4. The summed E-state index contributed by atoms with van der Waals surface area (Å²) in [7, 11) is 0. The van der Waals surface area contributed by atoms with Crippen molar-refractivity contribution < 1.29 is 9.25 Å². The van der Waals surface area contributed by atoms with Crippen LogP contribution in [0.5, 0.6) is 0 Å². The summed E-state index contributed by atoms with van der Waals surface area (Å²) in [6.07, 6.45) is 2.28. The highest BCUT2D eigenvalue weighted by Gasteiger charge is 2.11. The van der Waals surface area contributed by atoms with Gasteiger partial charge in [0, 0.05) is 18.6 Å². The predicted octanol–water partition coefficient (Wildman–Crippen LogP) is 2.19. The van der Waals surface area contributed by atoms with E-state index in [1.165, 1.54) is 18.0 Å². The fourth-order valence-electron chi connectivity index (χ4n) is 1.46.